The van der Waals surface area contributed by atoms with Gasteiger partial charge in [-0.15, -0.1) is 0 Å². The van der Waals surface area contributed by atoms with E-state index in [2.05, 4.69) is 9.97 Å². The predicted molar refractivity (Wildman–Crippen MR) is 66.1 cm³/mol. The third-order valence-corrected chi connectivity index (χ3v) is 2.40. The van der Waals surface area contributed by atoms with Crippen LogP contribution in [0.1, 0.15) is 28.9 Å². The van der Waals surface area contributed by atoms with Crippen molar-refractivity contribution in [3.63, 3.8) is 0 Å². The van der Waals surface area contributed by atoms with E-state index in [4.69, 9.17) is 13.9 Å². The second kappa shape index (κ2) is 5.99. The van der Waals surface area contributed by atoms with Gasteiger partial charge in [-0.05, 0) is 12.5 Å². The van der Waals surface area contributed by atoms with Crippen molar-refractivity contribution in [1.82, 2.24) is 9.97 Å². The number of hydrogen-bond acceptors (Lipinski definition) is 6. The van der Waals surface area contributed by atoms with E-state index in [1.807, 2.05) is 6.07 Å². The summed E-state index contributed by atoms with van der Waals surface area (Å²) in [4.78, 5) is 19.6. The summed E-state index contributed by atoms with van der Waals surface area (Å²) in [5.41, 5.74) is 1.09. The van der Waals surface area contributed by atoms with Crippen LogP contribution in [0.4, 0.5) is 0 Å². The molecule has 0 bridgehead atoms. The van der Waals surface area contributed by atoms with Crippen molar-refractivity contribution in [3.8, 4) is 5.88 Å². The van der Waals surface area contributed by atoms with E-state index in [0.29, 0.717) is 24.8 Å². The molecule has 0 aromatic carbocycles. The molecule has 2 aromatic rings. The van der Waals surface area contributed by atoms with Gasteiger partial charge in [0.2, 0.25) is 5.88 Å². The molecule has 2 rings (SSSR count). The highest BCUT2D eigenvalue weighted by atomic mass is 16.5. The molecule has 100 valence electrons. The largest absolute Gasteiger partial charge is 0.481 e. The Kier molecular flexibility index (Phi) is 4.12. The molecule has 0 saturated carbocycles. The fourth-order valence-electron chi connectivity index (χ4n) is 1.50. The summed E-state index contributed by atoms with van der Waals surface area (Å²) in [6.45, 7) is 2.05. The highest BCUT2D eigenvalue weighted by molar-refractivity contribution is 5.86. The van der Waals surface area contributed by atoms with E-state index in [1.54, 1.807) is 26.3 Å². The highest BCUT2D eigenvalue weighted by Crippen LogP contribution is 2.12. The van der Waals surface area contributed by atoms with Gasteiger partial charge in [0, 0.05) is 12.3 Å². The molecule has 0 radical (unpaired) electrons. The first-order valence-electron chi connectivity index (χ1n) is 5.83. The van der Waals surface area contributed by atoms with Crippen LogP contribution in [-0.4, -0.2) is 29.7 Å². The van der Waals surface area contributed by atoms with Crippen LogP contribution < -0.4 is 4.74 Å². The molecule has 6 nitrogen and oxygen atoms in total. The SMILES string of the molecule is CCOC(=O)c1coc(Cc2ccc(OC)nc2)n1. The van der Waals surface area contributed by atoms with Gasteiger partial charge < -0.3 is 13.9 Å². The lowest BCUT2D eigenvalue weighted by molar-refractivity contribution is 0.0519. The maximum atomic E-state index is 11.4. The zero-order valence-corrected chi connectivity index (χ0v) is 10.8. The number of ether oxygens (including phenoxy) is 2. The number of methoxy groups -OCH3 is 1. The van der Waals surface area contributed by atoms with Crippen LogP contribution in [0.2, 0.25) is 0 Å². The predicted octanol–water partition coefficient (Wildman–Crippen LogP) is 1.85. The van der Waals surface area contributed by atoms with Gasteiger partial charge in [0.25, 0.3) is 0 Å². The quantitative estimate of drug-likeness (QED) is 0.765. The summed E-state index contributed by atoms with van der Waals surface area (Å²) in [6.07, 6.45) is 3.42. The molecule has 0 aliphatic heterocycles. The van der Waals surface area contributed by atoms with E-state index in [-0.39, 0.29) is 5.69 Å². The number of carbonyl (C=O) groups excluding carboxylic acids is 1. The number of pyridine rings is 1. The van der Waals surface area contributed by atoms with Gasteiger partial charge in [-0.3, -0.25) is 0 Å². The Hall–Kier alpha value is -2.37. The highest BCUT2D eigenvalue weighted by Gasteiger charge is 2.13. The Labute approximate surface area is 110 Å². The van der Waals surface area contributed by atoms with Gasteiger partial charge in [-0.25, -0.2) is 14.8 Å². The summed E-state index contributed by atoms with van der Waals surface area (Å²) < 4.78 is 15.0. The normalized spacial score (nSPS) is 10.2. The van der Waals surface area contributed by atoms with Crippen molar-refractivity contribution in [1.29, 1.82) is 0 Å². The number of nitrogens with zero attached hydrogens (tertiary/aromatic N) is 2. The van der Waals surface area contributed by atoms with Crippen molar-refractivity contribution < 1.29 is 18.7 Å². The second-order valence-corrected chi connectivity index (χ2v) is 3.73. The average molecular weight is 262 g/mol. The van der Waals surface area contributed by atoms with Crippen LogP contribution in [0.15, 0.2) is 29.0 Å². The number of hydrogen-bond donors (Lipinski definition) is 0. The Morgan fingerprint density at radius 1 is 1.42 bits per heavy atom. The van der Waals surface area contributed by atoms with E-state index >= 15 is 0 Å². The van der Waals surface area contributed by atoms with Gasteiger partial charge in [0.05, 0.1) is 20.1 Å². The monoisotopic (exact) mass is 262 g/mol. The fraction of sp³-hybridized carbons (Fsp3) is 0.308. The van der Waals surface area contributed by atoms with Crippen LogP contribution in [-0.2, 0) is 11.2 Å². The lowest BCUT2D eigenvalue weighted by atomic mass is 10.2. The molecule has 2 heterocycles. The Bertz CT molecular complexity index is 548. The molecule has 0 spiro atoms. The molecule has 0 unspecified atom stereocenters. The van der Waals surface area contributed by atoms with Gasteiger partial charge in [-0.2, -0.15) is 0 Å². The molecule has 0 fully saturated rings. The molecule has 0 aliphatic rings. The fourth-order valence-corrected chi connectivity index (χ4v) is 1.50. The first kappa shape index (κ1) is 13.1. The van der Waals surface area contributed by atoms with Crippen molar-refractivity contribution >= 4 is 5.97 Å². The van der Waals surface area contributed by atoms with E-state index in [0.717, 1.165) is 5.56 Å². The Morgan fingerprint density at radius 2 is 2.26 bits per heavy atom. The molecule has 6 heteroatoms. The van der Waals surface area contributed by atoms with Crippen molar-refractivity contribution in [2.24, 2.45) is 0 Å². The molecular weight excluding hydrogens is 248 g/mol. The molecule has 0 atom stereocenters. The zero-order chi connectivity index (χ0) is 13.7. The van der Waals surface area contributed by atoms with E-state index in [9.17, 15) is 4.79 Å². The standard InChI is InChI=1S/C13H14N2O4/c1-3-18-13(16)10-8-19-12(15-10)6-9-4-5-11(17-2)14-7-9/h4-5,7-8H,3,6H2,1-2H3. The van der Waals surface area contributed by atoms with Crippen LogP contribution in [0.25, 0.3) is 0 Å². The van der Waals surface area contributed by atoms with Crippen molar-refractivity contribution in [2.75, 3.05) is 13.7 Å². The lowest BCUT2D eigenvalue weighted by Crippen LogP contribution is -2.05. The van der Waals surface area contributed by atoms with E-state index < -0.39 is 5.97 Å². The number of aromatic nitrogens is 2. The smallest absolute Gasteiger partial charge is 0.360 e. The Morgan fingerprint density at radius 3 is 2.89 bits per heavy atom. The topological polar surface area (TPSA) is 74.5 Å². The summed E-state index contributed by atoms with van der Waals surface area (Å²) >= 11 is 0. The van der Waals surface area contributed by atoms with Crippen LogP contribution in [0, 0.1) is 0 Å². The van der Waals surface area contributed by atoms with Crippen molar-refractivity contribution in [2.45, 2.75) is 13.3 Å². The van der Waals surface area contributed by atoms with Gasteiger partial charge >= 0.3 is 5.97 Å². The summed E-state index contributed by atoms with van der Waals surface area (Å²) in [5, 5.41) is 0. The maximum Gasteiger partial charge on any atom is 0.360 e. The minimum absolute atomic E-state index is 0.179. The minimum atomic E-state index is -0.481. The molecule has 2 aromatic heterocycles. The van der Waals surface area contributed by atoms with Gasteiger partial charge in [0.15, 0.2) is 11.6 Å². The van der Waals surface area contributed by atoms with E-state index in [1.165, 1.54) is 6.26 Å². The Balaban J connectivity index is 2.04. The number of carbonyl (C=O) groups is 1. The number of rotatable bonds is 5. The van der Waals surface area contributed by atoms with Gasteiger partial charge in [-0.1, -0.05) is 6.07 Å². The molecule has 0 amide bonds. The van der Waals surface area contributed by atoms with Gasteiger partial charge in [0.1, 0.15) is 6.26 Å². The third-order valence-electron chi connectivity index (χ3n) is 2.40. The minimum Gasteiger partial charge on any atom is -0.481 e. The molecular formula is C13H14N2O4. The number of oxazole rings is 1. The lowest BCUT2D eigenvalue weighted by Gasteiger charge is -1.99. The molecule has 0 N–H and O–H groups in total. The molecule has 0 saturated heterocycles. The summed E-state index contributed by atoms with van der Waals surface area (Å²) in [7, 11) is 1.56. The summed E-state index contributed by atoms with van der Waals surface area (Å²) in [5.74, 6) is 0.503. The van der Waals surface area contributed by atoms with Crippen LogP contribution in [0.5, 0.6) is 5.88 Å². The maximum absolute atomic E-state index is 11.4. The van der Waals surface area contributed by atoms with Crippen LogP contribution in [0.3, 0.4) is 0 Å². The molecule has 0 aliphatic carbocycles. The molecule has 19 heavy (non-hydrogen) atoms. The number of esters is 1. The van der Waals surface area contributed by atoms with Crippen LogP contribution >= 0.6 is 0 Å². The first-order valence-corrected chi connectivity index (χ1v) is 5.83. The second-order valence-electron chi connectivity index (χ2n) is 3.73. The zero-order valence-electron chi connectivity index (χ0n) is 10.8. The van der Waals surface area contributed by atoms with Crippen molar-refractivity contribution in [3.05, 3.63) is 41.7 Å². The summed E-state index contributed by atoms with van der Waals surface area (Å²) in [6, 6.07) is 3.62. The average Bonchev–Trinajstić information content (AvgIpc) is 2.88. The third kappa shape index (κ3) is 3.31. The first-order chi connectivity index (χ1) is 9.22.